The third-order valence-corrected chi connectivity index (χ3v) is 4.98. The van der Waals surface area contributed by atoms with Crippen molar-refractivity contribution in [1.82, 2.24) is 14.8 Å². The van der Waals surface area contributed by atoms with Crippen molar-refractivity contribution in [3.8, 4) is 0 Å². The van der Waals surface area contributed by atoms with Crippen molar-refractivity contribution in [1.29, 1.82) is 0 Å². The zero-order valence-electron chi connectivity index (χ0n) is 14.6. The SMILES string of the molecule is C[C@@H]1c2cccn2CCN1C(=O)NC[C@@H](C)N(C)c1ccccc1. The third kappa shape index (κ3) is 3.25. The van der Waals surface area contributed by atoms with Crippen LogP contribution in [0.5, 0.6) is 0 Å². The van der Waals surface area contributed by atoms with Gasteiger partial charge in [-0.15, -0.1) is 0 Å². The number of benzene rings is 1. The number of likely N-dealkylation sites (N-methyl/N-ethyl adjacent to an activating group) is 1. The van der Waals surface area contributed by atoms with Crippen LogP contribution in [-0.4, -0.2) is 41.7 Å². The lowest BCUT2D eigenvalue weighted by Gasteiger charge is -2.35. The highest BCUT2D eigenvalue weighted by Crippen LogP contribution is 2.25. The summed E-state index contributed by atoms with van der Waals surface area (Å²) in [7, 11) is 2.06. The van der Waals surface area contributed by atoms with E-state index in [0.717, 1.165) is 18.8 Å². The van der Waals surface area contributed by atoms with Gasteiger partial charge in [-0.3, -0.25) is 0 Å². The van der Waals surface area contributed by atoms with Gasteiger partial charge < -0.3 is 19.7 Å². The fraction of sp³-hybridized carbons (Fsp3) is 0.421. The van der Waals surface area contributed by atoms with Crippen LogP contribution < -0.4 is 10.2 Å². The summed E-state index contributed by atoms with van der Waals surface area (Å²) in [5.74, 6) is 0. The Bertz CT molecular complexity index is 682. The lowest BCUT2D eigenvalue weighted by atomic mass is 10.1. The van der Waals surface area contributed by atoms with Gasteiger partial charge in [-0.1, -0.05) is 18.2 Å². The Morgan fingerprint density at radius 2 is 2.00 bits per heavy atom. The number of rotatable bonds is 4. The molecule has 24 heavy (non-hydrogen) atoms. The summed E-state index contributed by atoms with van der Waals surface area (Å²) in [5, 5.41) is 3.09. The maximum absolute atomic E-state index is 12.6. The van der Waals surface area contributed by atoms with E-state index < -0.39 is 0 Å². The first-order valence-electron chi connectivity index (χ1n) is 8.55. The van der Waals surface area contributed by atoms with Crippen LogP contribution >= 0.6 is 0 Å². The van der Waals surface area contributed by atoms with E-state index in [9.17, 15) is 4.79 Å². The number of amides is 2. The average Bonchev–Trinajstić information content (AvgIpc) is 3.09. The molecule has 0 radical (unpaired) electrons. The normalized spacial score (nSPS) is 18.0. The molecular weight excluding hydrogens is 300 g/mol. The first-order chi connectivity index (χ1) is 11.6. The third-order valence-electron chi connectivity index (χ3n) is 4.98. The Labute approximate surface area is 143 Å². The molecule has 2 aromatic rings. The minimum absolute atomic E-state index is 0.0169. The van der Waals surface area contributed by atoms with Gasteiger partial charge in [0.15, 0.2) is 0 Å². The van der Waals surface area contributed by atoms with E-state index in [1.807, 2.05) is 29.2 Å². The van der Waals surface area contributed by atoms with Gasteiger partial charge in [0.2, 0.25) is 0 Å². The average molecular weight is 326 g/mol. The second-order valence-electron chi connectivity index (χ2n) is 6.48. The van der Waals surface area contributed by atoms with Crippen LogP contribution in [-0.2, 0) is 6.54 Å². The first kappa shape index (κ1) is 16.4. The molecule has 0 saturated carbocycles. The molecule has 0 bridgehead atoms. The second-order valence-corrected chi connectivity index (χ2v) is 6.48. The van der Waals surface area contributed by atoms with E-state index in [2.05, 4.69) is 60.1 Å². The quantitative estimate of drug-likeness (QED) is 0.938. The lowest BCUT2D eigenvalue weighted by molar-refractivity contribution is 0.162. The molecule has 1 aromatic carbocycles. The lowest BCUT2D eigenvalue weighted by Crippen LogP contribution is -2.49. The minimum atomic E-state index is 0.0169. The first-order valence-corrected chi connectivity index (χ1v) is 8.55. The molecule has 0 aliphatic carbocycles. The van der Waals surface area contributed by atoms with Crippen molar-refractivity contribution in [3.05, 3.63) is 54.4 Å². The fourth-order valence-corrected chi connectivity index (χ4v) is 3.25. The number of anilines is 1. The number of urea groups is 1. The van der Waals surface area contributed by atoms with Crippen LogP contribution in [0.2, 0.25) is 0 Å². The van der Waals surface area contributed by atoms with Crippen molar-refractivity contribution >= 4 is 11.7 Å². The van der Waals surface area contributed by atoms with Gasteiger partial charge in [-0.25, -0.2) is 4.79 Å². The van der Waals surface area contributed by atoms with Crippen molar-refractivity contribution in [2.24, 2.45) is 0 Å². The van der Waals surface area contributed by atoms with E-state index in [1.165, 1.54) is 5.69 Å². The number of para-hydroxylation sites is 1. The van der Waals surface area contributed by atoms with Crippen molar-refractivity contribution < 1.29 is 4.79 Å². The number of nitrogens with zero attached hydrogens (tertiary/aromatic N) is 3. The molecule has 5 nitrogen and oxygen atoms in total. The van der Waals surface area contributed by atoms with E-state index >= 15 is 0 Å². The van der Waals surface area contributed by atoms with Crippen LogP contribution in [0.15, 0.2) is 48.7 Å². The summed E-state index contributed by atoms with van der Waals surface area (Å²) in [6, 6.07) is 14.7. The predicted molar refractivity (Wildman–Crippen MR) is 97.3 cm³/mol. The molecular formula is C19H26N4O. The highest BCUT2D eigenvalue weighted by atomic mass is 16.2. The Morgan fingerprint density at radius 3 is 2.75 bits per heavy atom. The maximum atomic E-state index is 12.6. The Hall–Kier alpha value is -2.43. The Balaban J connectivity index is 1.56. The molecule has 1 N–H and O–H groups in total. The summed E-state index contributed by atoms with van der Waals surface area (Å²) in [5.41, 5.74) is 2.36. The summed E-state index contributed by atoms with van der Waals surface area (Å²) in [6.45, 7) is 6.44. The summed E-state index contributed by atoms with van der Waals surface area (Å²) >= 11 is 0. The molecule has 0 spiro atoms. The van der Waals surface area contributed by atoms with Crippen LogP contribution in [0.25, 0.3) is 0 Å². The zero-order valence-corrected chi connectivity index (χ0v) is 14.6. The van der Waals surface area contributed by atoms with E-state index in [0.29, 0.717) is 6.54 Å². The van der Waals surface area contributed by atoms with Crippen molar-refractivity contribution in [2.45, 2.75) is 32.5 Å². The number of hydrogen-bond donors (Lipinski definition) is 1. The molecule has 1 aromatic heterocycles. The van der Waals surface area contributed by atoms with Crippen molar-refractivity contribution in [3.63, 3.8) is 0 Å². The smallest absolute Gasteiger partial charge is 0.318 e. The second kappa shape index (κ2) is 6.99. The van der Waals surface area contributed by atoms with Gasteiger partial charge >= 0.3 is 6.03 Å². The van der Waals surface area contributed by atoms with Crippen LogP contribution in [0.1, 0.15) is 25.6 Å². The van der Waals surface area contributed by atoms with Crippen molar-refractivity contribution in [2.75, 3.05) is 25.0 Å². The van der Waals surface area contributed by atoms with Crippen LogP contribution in [0.3, 0.4) is 0 Å². The number of hydrogen-bond acceptors (Lipinski definition) is 2. The zero-order chi connectivity index (χ0) is 17.1. The molecule has 128 valence electrons. The standard InChI is InChI=1S/C19H26N4O/c1-15(21(3)17-8-5-4-6-9-17)14-20-19(24)23-13-12-22-11-7-10-18(22)16(23)2/h4-11,15-16H,12-14H2,1-3H3,(H,20,24)/t15-,16-/m1/s1. The number of fused-ring (bicyclic) bond motifs is 1. The summed E-state index contributed by atoms with van der Waals surface area (Å²) < 4.78 is 2.22. The Kier molecular flexibility index (Phi) is 4.79. The number of carbonyl (C=O) groups is 1. The molecule has 0 saturated heterocycles. The summed E-state index contributed by atoms with van der Waals surface area (Å²) in [4.78, 5) is 16.7. The molecule has 1 aliphatic heterocycles. The maximum Gasteiger partial charge on any atom is 0.318 e. The van der Waals surface area contributed by atoms with Gasteiger partial charge in [0, 0.05) is 50.3 Å². The van der Waals surface area contributed by atoms with Gasteiger partial charge in [0.1, 0.15) is 0 Å². The molecule has 0 fully saturated rings. The highest BCUT2D eigenvalue weighted by Gasteiger charge is 2.27. The number of nitrogens with one attached hydrogen (secondary N) is 1. The number of carbonyl (C=O) groups excluding carboxylic acids is 1. The molecule has 0 unspecified atom stereocenters. The van der Waals surface area contributed by atoms with Crippen LogP contribution in [0.4, 0.5) is 10.5 Å². The molecule has 1 aliphatic rings. The molecule has 2 atom stereocenters. The largest absolute Gasteiger partial charge is 0.370 e. The van der Waals surface area contributed by atoms with Gasteiger partial charge in [-0.2, -0.15) is 0 Å². The van der Waals surface area contributed by atoms with E-state index in [1.54, 1.807) is 0 Å². The van der Waals surface area contributed by atoms with Gasteiger partial charge in [0.25, 0.3) is 0 Å². The number of aromatic nitrogens is 1. The molecule has 3 rings (SSSR count). The fourth-order valence-electron chi connectivity index (χ4n) is 3.25. The molecule has 2 amide bonds. The minimum Gasteiger partial charge on any atom is -0.370 e. The monoisotopic (exact) mass is 326 g/mol. The highest BCUT2D eigenvalue weighted by molar-refractivity contribution is 5.75. The van der Waals surface area contributed by atoms with E-state index in [4.69, 9.17) is 0 Å². The molecule has 2 heterocycles. The summed E-state index contributed by atoms with van der Waals surface area (Å²) in [6.07, 6.45) is 2.08. The van der Waals surface area contributed by atoms with Gasteiger partial charge in [-0.05, 0) is 38.1 Å². The topological polar surface area (TPSA) is 40.5 Å². The van der Waals surface area contributed by atoms with E-state index in [-0.39, 0.29) is 18.1 Å². The van der Waals surface area contributed by atoms with Gasteiger partial charge in [0.05, 0.1) is 6.04 Å². The Morgan fingerprint density at radius 1 is 1.25 bits per heavy atom. The van der Waals surface area contributed by atoms with Crippen LogP contribution in [0, 0.1) is 0 Å². The molecule has 5 heteroatoms. The predicted octanol–water partition coefficient (Wildman–Crippen LogP) is 3.10.